The van der Waals surface area contributed by atoms with Gasteiger partial charge in [0.1, 0.15) is 17.9 Å². The number of hydrogen-bond donors (Lipinski definition) is 1. The molecule has 0 saturated carbocycles. The second-order valence-corrected chi connectivity index (χ2v) is 5.89. The van der Waals surface area contributed by atoms with E-state index < -0.39 is 24.3 Å². The predicted octanol–water partition coefficient (Wildman–Crippen LogP) is 1.99. The van der Waals surface area contributed by atoms with Gasteiger partial charge in [0.2, 0.25) is 11.8 Å². The summed E-state index contributed by atoms with van der Waals surface area (Å²) in [5.74, 6) is -1.09. The Labute approximate surface area is 141 Å². The number of carbonyl (C=O) groups excluding carboxylic acids is 2. The highest BCUT2D eigenvalue weighted by atomic mass is 19.4. The second-order valence-electron chi connectivity index (χ2n) is 5.89. The summed E-state index contributed by atoms with van der Waals surface area (Å²) in [6.07, 6.45) is -3.54. The Bertz CT molecular complexity index is 659. The van der Waals surface area contributed by atoms with Gasteiger partial charge in [-0.25, -0.2) is 0 Å². The highest BCUT2D eigenvalue weighted by molar-refractivity contribution is 6.01. The van der Waals surface area contributed by atoms with Crippen LogP contribution in [0.3, 0.4) is 0 Å². The molecule has 1 aromatic carbocycles. The normalized spacial score (nSPS) is 23.8. The smallest absolute Gasteiger partial charge is 0.406 e. The van der Waals surface area contributed by atoms with Gasteiger partial charge in [0, 0.05) is 24.9 Å². The number of carbonyl (C=O) groups is 2. The van der Waals surface area contributed by atoms with Gasteiger partial charge >= 0.3 is 6.36 Å². The molecule has 1 N–H and O–H groups in total. The van der Waals surface area contributed by atoms with Gasteiger partial charge in [-0.2, -0.15) is 0 Å². The van der Waals surface area contributed by atoms with Crippen LogP contribution in [-0.2, 0) is 14.3 Å². The summed E-state index contributed by atoms with van der Waals surface area (Å²) < 4.78 is 46.1. The summed E-state index contributed by atoms with van der Waals surface area (Å²) in [6, 6.07) is 4.50. The first kappa shape index (κ1) is 17.5. The third kappa shape index (κ3) is 4.22. The van der Waals surface area contributed by atoms with E-state index in [4.69, 9.17) is 4.74 Å². The van der Waals surface area contributed by atoms with Crippen LogP contribution in [0.25, 0.3) is 0 Å². The van der Waals surface area contributed by atoms with Crippen molar-refractivity contribution in [2.24, 2.45) is 0 Å². The SMILES string of the molecule is O=C(N[C@@H]1CCN(c2cccc(OC(F)(F)F)c2)C1=O)[C@@H]1CCCO1. The first-order valence-corrected chi connectivity index (χ1v) is 7.93. The van der Waals surface area contributed by atoms with E-state index in [2.05, 4.69) is 10.1 Å². The summed E-state index contributed by atoms with van der Waals surface area (Å²) in [7, 11) is 0. The molecular weight excluding hydrogens is 341 g/mol. The van der Waals surface area contributed by atoms with Crippen LogP contribution in [-0.4, -0.2) is 43.5 Å². The lowest BCUT2D eigenvalue weighted by Gasteiger charge is -2.19. The topological polar surface area (TPSA) is 67.9 Å². The fourth-order valence-electron chi connectivity index (χ4n) is 2.97. The van der Waals surface area contributed by atoms with Gasteiger partial charge in [0.05, 0.1) is 0 Å². The number of benzene rings is 1. The van der Waals surface area contributed by atoms with Crippen LogP contribution in [0.1, 0.15) is 19.3 Å². The number of anilines is 1. The van der Waals surface area contributed by atoms with E-state index in [-0.39, 0.29) is 11.8 Å². The summed E-state index contributed by atoms with van der Waals surface area (Å²) in [6.45, 7) is 0.819. The molecule has 2 atom stereocenters. The summed E-state index contributed by atoms with van der Waals surface area (Å²) in [5.41, 5.74) is 0.292. The molecule has 3 rings (SSSR count). The standard InChI is InChI=1S/C16H17F3N2O4/c17-16(18,19)25-11-4-1-3-10(9-11)21-7-6-12(15(21)23)20-14(22)13-5-2-8-24-13/h1,3-4,9,12-13H,2,5-8H2,(H,20,22)/t12-,13+/m1/s1. The largest absolute Gasteiger partial charge is 0.573 e. The zero-order valence-corrected chi connectivity index (χ0v) is 13.2. The van der Waals surface area contributed by atoms with Crippen molar-refractivity contribution >= 4 is 17.5 Å². The molecule has 0 spiro atoms. The van der Waals surface area contributed by atoms with Crippen molar-refractivity contribution in [3.63, 3.8) is 0 Å². The molecule has 0 unspecified atom stereocenters. The Balaban J connectivity index is 1.65. The van der Waals surface area contributed by atoms with Crippen LogP contribution in [0, 0.1) is 0 Å². The van der Waals surface area contributed by atoms with Gasteiger partial charge in [-0.1, -0.05) is 6.07 Å². The molecule has 1 aromatic rings. The summed E-state index contributed by atoms with van der Waals surface area (Å²) >= 11 is 0. The Morgan fingerprint density at radius 3 is 2.80 bits per heavy atom. The lowest BCUT2D eigenvalue weighted by atomic mass is 10.2. The summed E-state index contributed by atoms with van der Waals surface area (Å²) in [5, 5.41) is 2.66. The minimum Gasteiger partial charge on any atom is -0.406 e. The van der Waals surface area contributed by atoms with Crippen LogP contribution >= 0.6 is 0 Å². The van der Waals surface area contributed by atoms with Gasteiger partial charge < -0.3 is 19.7 Å². The third-order valence-electron chi connectivity index (χ3n) is 4.11. The van der Waals surface area contributed by atoms with Gasteiger partial charge in [0.25, 0.3) is 0 Å². The number of hydrogen-bond acceptors (Lipinski definition) is 4. The number of amides is 2. The van der Waals surface area contributed by atoms with Crippen LogP contribution in [0.15, 0.2) is 24.3 Å². The van der Waals surface area contributed by atoms with E-state index in [1.54, 1.807) is 0 Å². The molecule has 2 aliphatic heterocycles. The van der Waals surface area contributed by atoms with Gasteiger partial charge in [-0.15, -0.1) is 13.2 Å². The molecular formula is C16H17F3N2O4. The van der Waals surface area contributed by atoms with E-state index in [9.17, 15) is 22.8 Å². The molecule has 6 nitrogen and oxygen atoms in total. The molecule has 0 bridgehead atoms. The lowest BCUT2D eigenvalue weighted by Crippen LogP contribution is -2.45. The van der Waals surface area contributed by atoms with Crippen LogP contribution in [0.4, 0.5) is 18.9 Å². The fraction of sp³-hybridized carbons (Fsp3) is 0.500. The van der Waals surface area contributed by atoms with Crippen molar-refractivity contribution in [3.05, 3.63) is 24.3 Å². The number of alkyl halides is 3. The number of halogens is 3. The van der Waals surface area contributed by atoms with Crippen molar-refractivity contribution in [2.45, 2.75) is 37.8 Å². The van der Waals surface area contributed by atoms with Crippen molar-refractivity contribution in [3.8, 4) is 5.75 Å². The first-order valence-electron chi connectivity index (χ1n) is 7.93. The van der Waals surface area contributed by atoms with Gasteiger partial charge in [0.15, 0.2) is 0 Å². The van der Waals surface area contributed by atoms with Gasteiger partial charge in [-0.05, 0) is 31.4 Å². The zero-order chi connectivity index (χ0) is 18.0. The fourth-order valence-corrected chi connectivity index (χ4v) is 2.97. The van der Waals surface area contributed by atoms with E-state index >= 15 is 0 Å². The minimum absolute atomic E-state index is 0.292. The average Bonchev–Trinajstić information content (AvgIpc) is 3.17. The predicted molar refractivity (Wildman–Crippen MR) is 81.0 cm³/mol. The number of nitrogens with one attached hydrogen (secondary N) is 1. The molecule has 136 valence electrons. The van der Waals surface area contributed by atoms with Crippen molar-refractivity contribution < 1.29 is 32.2 Å². The van der Waals surface area contributed by atoms with Crippen molar-refractivity contribution in [1.82, 2.24) is 5.32 Å². The highest BCUT2D eigenvalue weighted by Gasteiger charge is 2.36. The van der Waals surface area contributed by atoms with Crippen LogP contribution in [0.2, 0.25) is 0 Å². The monoisotopic (exact) mass is 358 g/mol. The highest BCUT2D eigenvalue weighted by Crippen LogP contribution is 2.29. The van der Waals surface area contributed by atoms with Gasteiger partial charge in [-0.3, -0.25) is 9.59 Å². The van der Waals surface area contributed by atoms with Crippen LogP contribution in [0.5, 0.6) is 5.75 Å². The molecule has 0 radical (unpaired) electrons. The Morgan fingerprint density at radius 1 is 1.32 bits per heavy atom. The first-order chi connectivity index (χ1) is 11.8. The number of nitrogens with zero attached hydrogens (tertiary/aromatic N) is 1. The molecule has 0 aromatic heterocycles. The number of ether oxygens (including phenoxy) is 2. The molecule has 2 heterocycles. The molecule has 2 saturated heterocycles. The minimum atomic E-state index is -4.80. The Kier molecular flexibility index (Phi) is 4.85. The molecule has 2 aliphatic rings. The second kappa shape index (κ2) is 6.91. The molecule has 2 amide bonds. The maximum absolute atomic E-state index is 12.5. The Hall–Kier alpha value is -2.29. The molecule has 2 fully saturated rings. The van der Waals surface area contributed by atoms with Crippen molar-refractivity contribution in [2.75, 3.05) is 18.1 Å². The zero-order valence-electron chi connectivity index (χ0n) is 13.2. The number of rotatable bonds is 4. The molecule has 0 aliphatic carbocycles. The third-order valence-corrected chi connectivity index (χ3v) is 4.11. The van der Waals surface area contributed by atoms with E-state index in [0.29, 0.717) is 31.7 Å². The maximum Gasteiger partial charge on any atom is 0.573 e. The Morgan fingerprint density at radius 2 is 2.12 bits per heavy atom. The van der Waals surface area contributed by atoms with Crippen molar-refractivity contribution in [1.29, 1.82) is 0 Å². The van der Waals surface area contributed by atoms with E-state index in [0.717, 1.165) is 18.6 Å². The summed E-state index contributed by atoms with van der Waals surface area (Å²) in [4.78, 5) is 25.8. The van der Waals surface area contributed by atoms with E-state index in [1.807, 2.05) is 0 Å². The van der Waals surface area contributed by atoms with Crippen LogP contribution < -0.4 is 15.0 Å². The van der Waals surface area contributed by atoms with E-state index in [1.165, 1.54) is 17.0 Å². The molecule has 25 heavy (non-hydrogen) atoms. The quantitative estimate of drug-likeness (QED) is 0.894. The molecule has 9 heteroatoms. The lowest BCUT2D eigenvalue weighted by molar-refractivity contribution is -0.274. The maximum atomic E-state index is 12.5. The average molecular weight is 358 g/mol.